The van der Waals surface area contributed by atoms with Crippen molar-refractivity contribution in [3.63, 3.8) is 0 Å². The minimum atomic E-state index is -0.132. The molecule has 2 aromatic rings. The molecule has 0 radical (unpaired) electrons. The first kappa shape index (κ1) is 20.5. The number of nitrogens with one attached hydrogen (secondary N) is 2. The van der Waals surface area contributed by atoms with E-state index >= 15 is 0 Å². The molecule has 6 heteroatoms. The van der Waals surface area contributed by atoms with Gasteiger partial charge in [-0.05, 0) is 55.7 Å². The van der Waals surface area contributed by atoms with Gasteiger partial charge >= 0.3 is 6.03 Å². The van der Waals surface area contributed by atoms with Crippen LogP contribution in [-0.2, 0) is 6.54 Å². The lowest BCUT2D eigenvalue weighted by atomic mass is 10.0. The Balaban J connectivity index is 1.44. The second kappa shape index (κ2) is 9.80. The van der Waals surface area contributed by atoms with Gasteiger partial charge in [-0.15, -0.1) is 0 Å². The third kappa shape index (κ3) is 5.88. The van der Waals surface area contributed by atoms with E-state index in [1.165, 1.54) is 5.56 Å². The van der Waals surface area contributed by atoms with Crippen LogP contribution in [0.25, 0.3) is 0 Å². The highest BCUT2D eigenvalue weighted by Gasteiger charge is 2.20. The molecule has 3 rings (SSSR count). The maximum atomic E-state index is 12.4. The van der Waals surface area contributed by atoms with E-state index in [1.807, 2.05) is 43.4 Å². The topological polar surface area (TPSA) is 47.6 Å². The molecular formula is C22H29ClN4O. The molecule has 1 saturated heterocycles. The summed E-state index contributed by atoms with van der Waals surface area (Å²) in [7, 11) is 2.04. The molecule has 0 spiro atoms. The normalized spacial score (nSPS) is 15.2. The fourth-order valence-electron chi connectivity index (χ4n) is 3.44. The van der Waals surface area contributed by atoms with Gasteiger partial charge in [-0.3, -0.25) is 4.90 Å². The van der Waals surface area contributed by atoms with Gasteiger partial charge in [0.15, 0.2) is 0 Å². The Morgan fingerprint density at radius 1 is 1.18 bits per heavy atom. The van der Waals surface area contributed by atoms with Crippen molar-refractivity contribution in [1.82, 2.24) is 10.2 Å². The number of nitrogens with zero attached hydrogens (tertiary/aromatic N) is 2. The first-order valence-electron chi connectivity index (χ1n) is 9.89. The SMILES string of the molecule is CCN(C)c1cccc(NC(=O)NC2CCN(Cc3ccc(Cl)cc3)CC2)c1. The minimum Gasteiger partial charge on any atom is -0.375 e. The summed E-state index contributed by atoms with van der Waals surface area (Å²) in [6.45, 7) is 5.90. The van der Waals surface area contributed by atoms with Crippen molar-refractivity contribution in [1.29, 1.82) is 0 Å². The summed E-state index contributed by atoms with van der Waals surface area (Å²) < 4.78 is 0. The van der Waals surface area contributed by atoms with Crippen LogP contribution < -0.4 is 15.5 Å². The van der Waals surface area contributed by atoms with Crippen LogP contribution in [0.5, 0.6) is 0 Å². The number of hydrogen-bond donors (Lipinski definition) is 2. The lowest BCUT2D eigenvalue weighted by molar-refractivity contribution is 0.190. The van der Waals surface area contributed by atoms with Gasteiger partial charge in [0, 0.05) is 55.7 Å². The molecule has 1 aliphatic rings. The Kier molecular flexibility index (Phi) is 7.18. The second-order valence-corrected chi connectivity index (χ2v) is 7.78. The van der Waals surface area contributed by atoms with E-state index in [-0.39, 0.29) is 12.1 Å². The van der Waals surface area contributed by atoms with Crippen molar-refractivity contribution in [2.24, 2.45) is 0 Å². The van der Waals surface area contributed by atoms with Crippen LogP contribution in [0.2, 0.25) is 5.02 Å². The fraction of sp³-hybridized carbons (Fsp3) is 0.409. The lowest BCUT2D eigenvalue weighted by Crippen LogP contribution is -2.45. The van der Waals surface area contributed by atoms with Gasteiger partial charge in [-0.25, -0.2) is 4.79 Å². The van der Waals surface area contributed by atoms with Crippen molar-refractivity contribution < 1.29 is 4.79 Å². The Bertz CT molecular complexity index is 772. The highest BCUT2D eigenvalue weighted by molar-refractivity contribution is 6.30. The van der Waals surface area contributed by atoms with E-state index in [0.29, 0.717) is 0 Å². The number of hydrogen-bond acceptors (Lipinski definition) is 3. The smallest absolute Gasteiger partial charge is 0.319 e. The summed E-state index contributed by atoms with van der Waals surface area (Å²) in [6, 6.07) is 16.0. The molecule has 0 unspecified atom stereocenters. The van der Waals surface area contributed by atoms with E-state index < -0.39 is 0 Å². The summed E-state index contributed by atoms with van der Waals surface area (Å²) in [5, 5.41) is 6.84. The molecule has 1 heterocycles. The van der Waals surface area contributed by atoms with E-state index in [4.69, 9.17) is 11.6 Å². The van der Waals surface area contributed by atoms with Crippen LogP contribution in [0.4, 0.5) is 16.2 Å². The first-order valence-corrected chi connectivity index (χ1v) is 10.3. The summed E-state index contributed by atoms with van der Waals surface area (Å²) in [4.78, 5) is 16.9. The van der Waals surface area contributed by atoms with E-state index in [1.54, 1.807) is 0 Å². The molecule has 0 bridgehead atoms. The Morgan fingerprint density at radius 2 is 1.89 bits per heavy atom. The number of anilines is 2. The van der Waals surface area contributed by atoms with Crippen LogP contribution in [0.3, 0.4) is 0 Å². The fourth-order valence-corrected chi connectivity index (χ4v) is 3.57. The van der Waals surface area contributed by atoms with Crippen LogP contribution in [0, 0.1) is 0 Å². The quantitative estimate of drug-likeness (QED) is 0.745. The number of piperidine rings is 1. The average Bonchev–Trinajstić information content (AvgIpc) is 2.70. The zero-order valence-corrected chi connectivity index (χ0v) is 17.4. The zero-order valence-electron chi connectivity index (χ0n) is 16.6. The third-order valence-corrected chi connectivity index (χ3v) is 5.51. The third-order valence-electron chi connectivity index (χ3n) is 5.26. The molecular weight excluding hydrogens is 372 g/mol. The summed E-state index contributed by atoms with van der Waals surface area (Å²) in [5.74, 6) is 0. The van der Waals surface area contributed by atoms with Crippen LogP contribution in [-0.4, -0.2) is 43.7 Å². The highest BCUT2D eigenvalue weighted by Crippen LogP contribution is 2.19. The number of rotatable bonds is 6. The Labute approximate surface area is 172 Å². The number of carbonyl (C=O) groups excluding carboxylic acids is 1. The maximum absolute atomic E-state index is 12.4. The summed E-state index contributed by atoms with van der Waals surface area (Å²) in [5.41, 5.74) is 3.18. The molecule has 0 aromatic heterocycles. The largest absolute Gasteiger partial charge is 0.375 e. The standard InChI is InChI=1S/C22H29ClN4O/c1-3-26(2)21-6-4-5-20(15-21)25-22(28)24-19-11-13-27(14-12-19)16-17-7-9-18(23)10-8-17/h4-10,15,19H,3,11-14,16H2,1-2H3,(H2,24,25,28). The average molecular weight is 401 g/mol. The van der Waals surface area contributed by atoms with E-state index in [0.717, 1.165) is 55.4 Å². The number of benzene rings is 2. The van der Waals surface area contributed by atoms with Gasteiger partial charge in [0.25, 0.3) is 0 Å². The van der Waals surface area contributed by atoms with Crippen molar-refractivity contribution in [3.05, 3.63) is 59.1 Å². The number of urea groups is 1. The van der Waals surface area contributed by atoms with Crippen LogP contribution >= 0.6 is 11.6 Å². The van der Waals surface area contributed by atoms with Gasteiger partial charge in [-0.1, -0.05) is 29.8 Å². The van der Waals surface area contributed by atoms with E-state index in [2.05, 4.69) is 39.5 Å². The molecule has 2 N–H and O–H groups in total. The van der Waals surface area contributed by atoms with Gasteiger partial charge in [0.05, 0.1) is 0 Å². The second-order valence-electron chi connectivity index (χ2n) is 7.34. The number of carbonyl (C=O) groups is 1. The van der Waals surface area contributed by atoms with Crippen molar-refractivity contribution in [2.75, 3.05) is 36.9 Å². The maximum Gasteiger partial charge on any atom is 0.319 e. The van der Waals surface area contributed by atoms with Crippen molar-refractivity contribution in [3.8, 4) is 0 Å². The monoisotopic (exact) mass is 400 g/mol. The molecule has 5 nitrogen and oxygen atoms in total. The lowest BCUT2D eigenvalue weighted by Gasteiger charge is -2.32. The van der Waals surface area contributed by atoms with Gasteiger partial charge in [-0.2, -0.15) is 0 Å². The summed E-state index contributed by atoms with van der Waals surface area (Å²) >= 11 is 5.95. The number of likely N-dealkylation sites (tertiary alicyclic amines) is 1. The van der Waals surface area contributed by atoms with E-state index in [9.17, 15) is 4.79 Å². The zero-order chi connectivity index (χ0) is 19.9. The summed E-state index contributed by atoms with van der Waals surface area (Å²) in [6.07, 6.45) is 1.92. The van der Waals surface area contributed by atoms with Gasteiger partial charge in [0.1, 0.15) is 0 Å². The molecule has 2 aromatic carbocycles. The van der Waals surface area contributed by atoms with Crippen LogP contribution in [0.15, 0.2) is 48.5 Å². The highest BCUT2D eigenvalue weighted by atomic mass is 35.5. The predicted molar refractivity (Wildman–Crippen MR) is 117 cm³/mol. The molecule has 0 aliphatic carbocycles. The minimum absolute atomic E-state index is 0.132. The predicted octanol–water partition coefficient (Wildman–Crippen LogP) is 4.58. The molecule has 0 atom stereocenters. The first-order chi connectivity index (χ1) is 13.5. The van der Waals surface area contributed by atoms with Gasteiger partial charge < -0.3 is 15.5 Å². The molecule has 1 fully saturated rings. The Morgan fingerprint density at radius 3 is 2.57 bits per heavy atom. The number of amides is 2. The van der Waals surface area contributed by atoms with Crippen LogP contribution in [0.1, 0.15) is 25.3 Å². The molecule has 1 aliphatic heterocycles. The van der Waals surface area contributed by atoms with Crippen molar-refractivity contribution >= 4 is 29.0 Å². The van der Waals surface area contributed by atoms with Crippen molar-refractivity contribution in [2.45, 2.75) is 32.4 Å². The number of halogens is 1. The molecule has 150 valence electrons. The molecule has 0 saturated carbocycles. The Hall–Kier alpha value is -2.24. The molecule has 28 heavy (non-hydrogen) atoms. The van der Waals surface area contributed by atoms with Gasteiger partial charge in [0.2, 0.25) is 0 Å². The molecule has 2 amide bonds.